The molecule has 1 amide bonds. The Morgan fingerprint density at radius 2 is 1.91 bits per heavy atom. The summed E-state index contributed by atoms with van der Waals surface area (Å²) in [4.78, 5) is 26.3. The number of carbonyl (C=O) groups is 2. The highest BCUT2D eigenvalue weighted by Crippen LogP contribution is 2.47. The zero-order chi connectivity index (χ0) is 16.8. The third-order valence-electron chi connectivity index (χ3n) is 4.72. The maximum atomic E-state index is 12.3. The third kappa shape index (κ3) is 3.16. The van der Waals surface area contributed by atoms with E-state index in [1.165, 1.54) is 0 Å². The van der Waals surface area contributed by atoms with E-state index in [0.29, 0.717) is 19.5 Å². The number of hydrogen-bond donors (Lipinski definition) is 0. The number of likely N-dealkylation sites (tertiary alicyclic amines) is 1. The van der Waals surface area contributed by atoms with Crippen LogP contribution in [0.15, 0.2) is 22.7 Å². The van der Waals surface area contributed by atoms with Crippen LogP contribution in [0.5, 0.6) is 0 Å². The molecule has 0 N–H and O–H groups in total. The van der Waals surface area contributed by atoms with E-state index in [-0.39, 0.29) is 17.3 Å². The van der Waals surface area contributed by atoms with E-state index in [1.807, 2.05) is 32.9 Å². The average Bonchev–Trinajstić information content (AvgIpc) is 2.70. The van der Waals surface area contributed by atoms with Crippen LogP contribution < -0.4 is 0 Å². The van der Waals surface area contributed by atoms with Crippen molar-refractivity contribution >= 4 is 27.8 Å². The number of ether oxygens (including phenoxy) is 1. The molecule has 124 valence electrons. The van der Waals surface area contributed by atoms with Gasteiger partial charge in [-0.3, -0.25) is 4.79 Å². The van der Waals surface area contributed by atoms with E-state index in [2.05, 4.69) is 22.0 Å². The number of amides is 1. The minimum absolute atomic E-state index is 0.116. The summed E-state index contributed by atoms with van der Waals surface area (Å²) in [5.41, 5.74) is 1.39. The van der Waals surface area contributed by atoms with Crippen molar-refractivity contribution in [3.05, 3.63) is 33.8 Å². The van der Waals surface area contributed by atoms with Crippen molar-refractivity contribution in [3.63, 3.8) is 0 Å². The Balaban J connectivity index is 1.76. The molecule has 0 aromatic heterocycles. The molecule has 3 rings (SSSR count). The molecule has 0 radical (unpaired) electrons. The number of piperidine rings is 1. The summed E-state index contributed by atoms with van der Waals surface area (Å²) in [5, 5.41) is 0. The first kappa shape index (κ1) is 16.5. The smallest absolute Gasteiger partial charge is 0.410 e. The Morgan fingerprint density at radius 1 is 1.26 bits per heavy atom. The monoisotopic (exact) mass is 379 g/mol. The Bertz CT molecular complexity index is 655. The lowest BCUT2D eigenvalue weighted by molar-refractivity contribution is 0.0166. The van der Waals surface area contributed by atoms with Gasteiger partial charge in [-0.1, -0.05) is 15.9 Å². The van der Waals surface area contributed by atoms with Crippen LogP contribution in [-0.4, -0.2) is 35.5 Å². The molecule has 4 nitrogen and oxygen atoms in total. The first-order valence-corrected chi connectivity index (χ1v) is 8.81. The number of benzene rings is 1. The van der Waals surface area contributed by atoms with Crippen LogP contribution >= 0.6 is 15.9 Å². The molecule has 2 aliphatic rings. The van der Waals surface area contributed by atoms with Crippen LogP contribution in [0.1, 0.15) is 56.0 Å². The van der Waals surface area contributed by atoms with Crippen molar-refractivity contribution in [2.45, 2.75) is 51.0 Å². The Labute approximate surface area is 145 Å². The van der Waals surface area contributed by atoms with Gasteiger partial charge in [0.2, 0.25) is 0 Å². The molecule has 5 heteroatoms. The average molecular weight is 380 g/mol. The standard InChI is InChI=1S/C18H22BrNO3/c1-17(2,3)23-16(22)20-8-6-18(7-9-20)11-15(21)13-5-4-12(19)10-14(13)18/h4-5,10H,6-9,11H2,1-3H3. The van der Waals surface area contributed by atoms with Crippen molar-refractivity contribution in [1.82, 2.24) is 4.90 Å². The Kier molecular flexibility index (Phi) is 4.03. The van der Waals surface area contributed by atoms with E-state index in [0.717, 1.165) is 28.4 Å². The first-order chi connectivity index (χ1) is 10.7. The van der Waals surface area contributed by atoms with Crippen molar-refractivity contribution in [2.24, 2.45) is 0 Å². The van der Waals surface area contributed by atoms with Crippen LogP contribution in [0, 0.1) is 0 Å². The second kappa shape index (κ2) is 5.62. The summed E-state index contributed by atoms with van der Waals surface area (Å²) >= 11 is 3.51. The van der Waals surface area contributed by atoms with Gasteiger partial charge >= 0.3 is 6.09 Å². The van der Waals surface area contributed by atoms with E-state index < -0.39 is 5.60 Å². The summed E-state index contributed by atoms with van der Waals surface area (Å²) in [7, 11) is 0. The lowest BCUT2D eigenvalue weighted by Crippen LogP contribution is -2.46. The topological polar surface area (TPSA) is 46.6 Å². The van der Waals surface area contributed by atoms with Gasteiger partial charge in [0, 0.05) is 35.0 Å². The van der Waals surface area contributed by atoms with Gasteiger partial charge in [0.25, 0.3) is 0 Å². The zero-order valence-electron chi connectivity index (χ0n) is 13.8. The number of carbonyl (C=O) groups excluding carboxylic acids is 2. The summed E-state index contributed by atoms with van der Waals surface area (Å²) in [6, 6.07) is 5.91. The minimum Gasteiger partial charge on any atom is -0.444 e. The molecule has 0 unspecified atom stereocenters. The van der Waals surface area contributed by atoms with Gasteiger partial charge in [0.1, 0.15) is 5.60 Å². The Hall–Kier alpha value is -1.36. The van der Waals surface area contributed by atoms with Gasteiger partial charge in [0.05, 0.1) is 0 Å². The van der Waals surface area contributed by atoms with Gasteiger partial charge in [-0.15, -0.1) is 0 Å². The van der Waals surface area contributed by atoms with Gasteiger partial charge in [0.15, 0.2) is 5.78 Å². The molecule has 0 bridgehead atoms. The molecular weight excluding hydrogens is 358 g/mol. The van der Waals surface area contributed by atoms with Crippen LogP contribution in [0.2, 0.25) is 0 Å². The van der Waals surface area contributed by atoms with E-state index in [1.54, 1.807) is 4.90 Å². The van der Waals surface area contributed by atoms with E-state index in [9.17, 15) is 9.59 Å². The predicted molar refractivity (Wildman–Crippen MR) is 91.8 cm³/mol. The summed E-state index contributed by atoms with van der Waals surface area (Å²) < 4.78 is 6.45. The lowest BCUT2D eigenvalue weighted by atomic mass is 9.74. The first-order valence-electron chi connectivity index (χ1n) is 8.01. The largest absolute Gasteiger partial charge is 0.444 e. The highest BCUT2D eigenvalue weighted by atomic mass is 79.9. The molecule has 1 aliphatic carbocycles. The molecule has 1 aromatic carbocycles. The number of hydrogen-bond acceptors (Lipinski definition) is 3. The van der Waals surface area contributed by atoms with Gasteiger partial charge in [-0.25, -0.2) is 4.79 Å². The molecule has 1 fully saturated rings. The third-order valence-corrected chi connectivity index (χ3v) is 5.22. The molecule has 0 atom stereocenters. The van der Waals surface area contributed by atoms with Crippen LogP contribution in [0.3, 0.4) is 0 Å². The van der Waals surface area contributed by atoms with E-state index in [4.69, 9.17) is 4.74 Å². The molecule has 1 spiro atoms. The number of nitrogens with zero attached hydrogens (tertiary/aromatic N) is 1. The number of fused-ring (bicyclic) bond motifs is 2. The van der Waals surface area contributed by atoms with Crippen molar-refractivity contribution in [3.8, 4) is 0 Å². The molecular formula is C18H22BrNO3. The SMILES string of the molecule is CC(C)(C)OC(=O)N1CCC2(CC1)CC(=O)c1ccc(Br)cc12. The summed E-state index contributed by atoms with van der Waals surface area (Å²) in [5.74, 6) is 0.221. The van der Waals surface area contributed by atoms with Crippen molar-refractivity contribution in [2.75, 3.05) is 13.1 Å². The second-order valence-corrected chi connectivity index (χ2v) is 8.45. The highest BCUT2D eigenvalue weighted by molar-refractivity contribution is 9.10. The molecule has 0 saturated carbocycles. The Morgan fingerprint density at radius 3 is 2.52 bits per heavy atom. The second-order valence-electron chi connectivity index (χ2n) is 7.54. The van der Waals surface area contributed by atoms with Crippen molar-refractivity contribution in [1.29, 1.82) is 0 Å². The van der Waals surface area contributed by atoms with Gasteiger partial charge in [-0.05, 0) is 57.4 Å². The van der Waals surface area contributed by atoms with Crippen molar-refractivity contribution < 1.29 is 14.3 Å². The quantitative estimate of drug-likeness (QED) is 0.674. The molecule has 23 heavy (non-hydrogen) atoms. The predicted octanol–water partition coefficient (Wildman–Crippen LogP) is 4.30. The normalized spacial score (nSPS) is 19.8. The van der Waals surface area contributed by atoms with Gasteiger partial charge in [-0.2, -0.15) is 0 Å². The molecule has 1 heterocycles. The minimum atomic E-state index is -0.479. The lowest BCUT2D eigenvalue weighted by Gasteiger charge is -2.40. The molecule has 1 saturated heterocycles. The number of ketones is 1. The number of rotatable bonds is 0. The fourth-order valence-corrected chi connectivity index (χ4v) is 3.95. The highest BCUT2D eigenvalue weighted by Gasteiger charge is 2.46. The fourth-order valence-electron chi connectivity index (χ4n) is 3.59. The molecule has 1 aliphatic heterocycles. The maximum Gasteiger partial charge on any atom is 0.410 e. The van der Waals surface area contributed by atoms with Crippen LogP contribution in [0.4, 0.5) is 4.79 Å². The number of Topliss-reactive ketones (excluding diaryl/α,β-unsaturated/α-hetero) is 1. The zero-order valence-corrected chi connectivity index (χ0v) is 15.4. The summed E-state index contributed by atoms with van der Waals surface area (Å²) in [6.07, 6.45) is 1.91. The number of halogens is 1. The summed E-state index contributed by atoms with van der Waals surface area (Å²) in [6.45, 7) is 6.89. The maximum absolute atomic E-state index is 12.3. The van der Waals surface area contributed by atoms with Gasteiger partial charge < -0.3 is 9.64 Å². The molecule has 1 aromatic rings. The van der Waals surface area contributed by atoms with Crippen LogP contribution in [0.25, 0.3) is 0 Å². The van der Waals surface area contributed by atoms with E-state index >= 15 is 0 Å². The van der Waals surface area contributed by atoms with Crippen LogP contribution in [-0.2, 0) is 10.2 Å². The fraction of sp³-hybridized carbons (Fsp3) is 0.556.